The monoisotopic (exact) mass is 385 g/mol. The number of hydrogen-bond donors (Lipinski definition) is 1. The summed E-state index contributed by atoms with van der Waals surface area (Å²) in [5, 5.41) is 2.71. The maximum atomic E-state index is 12.1. The second-order valence-electron chi connectivity index (χ2n) is 5.97. The fraction of sp³-hybridized carbons (Fsp3) is 0.286. The standard InChI is InChI=1S/C21H23NO4S/c1-3-20(24)22-17-8-6-16(7-9-17)19(23)14-26-21(25)12-13-27-18-10-4-15(2)5-11-18/h4-11H,3,12-14H2,1-2H3,(H,22,24). The predicted molar refractivity (Wildman–Crippen MR) is 107 cm³/mol. The summed E-state index contributed by atoms with van der Waals surface area (Å²) < 4.78 is 5.06. The van der Waals surface area contributed by atoms with Gasteiger partial charge in [-0.2, -0.15) is 0 Å². The number of esters is 1. The highest BCUT2D eigenvalue weighted by Crippen LogP contribution is 2.19. The van der Waals surface area contributed by atoms with Crippen LogP contribution in [0.2, 0.25) is 0 Å². The smallest absolute Gasteiger partial charge is 0.307 e. The van der Waals surface area contributed by atoms with Crippen LogP contribution in [0.4, 0.5) is 5.69 Å². The number of anilines is 1. The highest BCUT2D eigenvalue weighted by Gasteiger charge is 2.10. The fourth-order valence-corrected chi connectivity index (χ4v) is 3.01. The van der Waals surface area contributed by atoms with E-state index in [-0.39, 0.29) is 24.7 Å². The summed E-state index contributed by atoms with van der Waals surface area (Å²) in [6.45, 7) is 3.51. The van der Waals surface area contributed by atoms with Crippen molar-refractivity contribution < 1.29 is 19.1 Å². The molecule has 0 fully saturated rings. The van der Waals surface area contributed by atoms with Gasteiger partial charge in [-0.05, 0) is 43.3 Å². The lowest BCUT2D eigenvalue weighted by atomic mass is 10.1. The molecule has 1 N–H and O–H groups in total. The van der Waals surface area contributed by atoms with Crippen LogP contribution >= 0.6 is 11.8 Å². The van der Waals surface area contributed by atoms with Crippen molar-refractivity contribution in [2.24, 2.45) is 0 Å². The van der Waals surface area contributed by atoms with Crippen LogP contribution in [0, 0.1) is 6.92 Å². The van der Waals surface area contributed by atoms with Crippen molar-refractivity contribution in [3.05, 3.63) is 59.7 Å². The van der Waals surface area contributed by atoms with E-state index in [1.807, 2.05) is 31.2 Å². The molecule has 0 aliphatic carbocycles. The molecule has 0 aliphatic heterocycles. The first-order chi connectivity index (χ1) is 13.0. The zero-order valence-corrected chi connectivity index (χ0v) is 16.3. The van der Waals surface area contributed by atoms with Gasteiger partial charge in [0, 0.05) is 28.3 Å². The van der Waals surface area contributed by atoms with Crippen LogP contribution in [0.5, 0.6) is 0 Å². The highest BCUT2D eigenvalue weighted by molar-refractivity contribution is 7.99. The molecule has 2 aromatic carbocycles. The number of rotatable bonds is 9. The Morgan fingerprint density at radius 3 is 2.30 bits per heavy atom. The van der Waals surface area contributed by atoms with E-state index < -0.39 is 5.97 Å². The van der Waals surface area contributed by atoms with E-state index in [1.165, 1.54) is 5.56 Å². The van der Waals surface area contributed by atoms with Crippen molar-refractivity contribution >= 4 is 35.1 Å². The van der Waals surface area contributed by atoms with Crippen LogP contribution < -0.4 is 5.32 Å². The molecule has 5 nitrogen and oxygen atoms in total. The van der Waals surface area contributed by atoms with Gasteiger partial charge in [0.05, 0.1) is 6.42 Å². The zero-order chi connectivity index (χ0) is 19.6. The van der Waals surface area contributed by atoms with Gasteiger partial charge in [0.15, 0.2) is 12.4 Å². The lowest BCUT2D eigenvalue weighted by Crippen LogP contribution is -2.15. The zero-order valence-electron chi connectivity index (χ0n) is 15.5. The van der Waals surface area contributed by atoms with Crippen LogP contribution in [0.25, 0.3) is 0 Å². The molecule has 1 amide bonds. The summed E-state index contributed by atoms with van der Waals surface area (Å²) in [4.78, 5) is 36.3. The SMILES string of the molecule is CCC(=O)Nc1ccc(C(=O)COC(=O)CCSc2ccc(C)cc2)cc1. The molecule has 0 aliphatic rings. The molecular formula is C21H23NO4S. The van der Waals surface area contributed by atoms with Crippen molar-refractivity contribution in [2.75, 3.05) is 17.7 Å². The molecule has 142 valence electrons. The van der Waals surface area contributed by atoms with Gasteiger partial charge in [0.25, 0.3) is 0 Å². The van der Waals surface area contributed by atoms with Gasteiger partial charge in [0.1, 0.15) is 0 Å². The van der Waals surface area contributed by atoms with E-state index >= 15 is 0 Å². The third-order valence-electron chi connectivity index (χ3n) is 3.77. The number of amides is 1. The number of ether oxygens (including phenoxy) is 1. The molecule has 2 aromatic rings. The molecule has 0 unspecified atom stereocenters. The van der Waals surface area contributed by atoms with E-state index in [9.17, 15) is 14.4 Å². The minimum Gasteiger partial charge on any atom is -0.457 e. The summed E-state index contributed by atoms with van der Waals surface area (Å²) in [7, 11) is 0. The first kappa shape index (κ1) is 20.7. The number of hydrogen-bond acceptors (Lipinski definition) is 5. The van der Waals surface area contributed by atoms with Crippen LogP contribution in [-0.2, 0) is 14.3 Å². The Balaban J connectivity index is 1.71. The van der Waals surface area contributed by atoms with Crippen molar-refractivity contribution in [2.45, 2.75) is 31.6 Å². The molecule has 27 heavy (non-hydrogen) atoms. The number of thioether (sulfide) groups is 1. The number of aryl methyl sites for hydroxylation is 1. The molecule has 0 heterocycles. The van der Waals surface area contributed by atoms with Crippen molar-refractivity contribution in [3.63, 3.8) is 0 Å². The molecule has 0 spiro atoms. The van der Waals surface area contributed by atoms with Crippen LogP contribution in [0.1, 0.15) is 35.7 Å². The first-order valence-electron chi connectivity index (χ1n) is 8.76. The topological polar surface area (TPSA) is 72.5 Å². The van der Waals surface area contributed by atoms with Gasteiger partial charge < -0.3 is 10.1 Å². The van der Waals surface area contributed by atoms with Crippen molar-refractivity contribution in [1.29, 1.82) is 0 Å². The Morgan fingerprint density at radius 1 is 1.00 bits per heavy atom. The summed E-state index contributed by atoms with van der Waals surface area (Å²) >= 11 is 1.58. The third-order valence-corrected chi connectivity index (χ3v) is 4.79. The van der Waals surface area contributed by atoms with Crippen molar-refractivity contribution in [1.82, 2.24) is 0 Å². The van der Waals surface area contributed by atoms with E-state index in [0.717, 1.165) is 4.90 Å². The van der Waals surface area contributed by atoms with Crippen LogP contribution in [0.15, 0.2) is 53.4 Å². The highest BCUT2D eigenvalue weighted by atomic mass is 32.2. The molecule has 6 heteroatoms. The van der Waals surface area contributed by atoms with E-state index in [1.54, 1.807) is 43.0 Å². The van der Waals surface area contributed by atoms with Crippen molar-refractivity contribution in [3.8, 4) is 0 Å². The predicted octanol–water partition coefficient (Wildman–Crippen LogP) is 4.25. The Morgan fingerprint density at radius 2 is 1.67 bits per heavy atom. The quantitative estimate of drug-likeness (QED) is 0.397. The third kappa shape index (κ3) is 7.27. The normalized spacial score (nSPS) is 10.3. The minimum absolute atomic E-state index is 0.0912. The second kappa shape index (κ2) is 10.5. The minimum atomic E-state index is -0.394. The molecule has 0 bridgehead atoms. The summed E-state index contributed by atoms with van der Waals surface area (Å²) in [5.74, 6) is -0.161. The molecule has 0 atom stereocenters. The maximum Gasteiger partial charge on any atom is 0.307 e. The summed E-state index contributed by atoms with van der Waals surface area (Å²) in [6, 6.07) is 14.6. The fourth-order valence-electron chi connectivity index (χ4n) is 2.18. The average Bonchev–Trinajstić information content (AvgIpc) is 2.68. The lowest BCUT2D eigenvalue weighted by molar-refractivity contribution is -0.142. The number of carbonyl (C=O) groups is 3. The lowest BCUT2D eigenvalue weighted by Gasteiger charge is -2.06. The summed E-state index contributed by atoms with van der Waals surface area (Å²) in [6.07, 6.45) is 0.632. The molecule has 0 radical (unpaired) electrons. The first-order valence-corrected chi connectivity index (χ1v) is 9.74. The number of ketones is 1. The number of nitrogens with one attached hydrogen (secondary N) is 1. The molecule has 2 rings (SSSR count). The van der Waals surface area contributed by atoms with Gasteiger partial charge in [-0.15, -0.1) is 11.8 Å². The Kier molecular flexibility index (Phi) is 8.07. The Hall–Kier alpha value is -2.60. The largest absolute Gasteiger partial charge is 0.457 e. The van der Waals surface area contributed by atoms with Gasteiger partial charge in [-0.3, -0.25) is 14.4 Å². The van der Waals surface area contributed by atoms with Gasteiger partial charge in [-0.25, -0.2) is 0 Å². The molecule has 0 aromatic heterocycles. The molecule has 0 saturated heterocycles. The second-order valence-corrected chi connectivity index (χ2v) is 7.14. The van der Waals surface area contributed by atoms with Gasteiger partial charge in [0.2, 0.25) is 5.91 Å². The average molecular weight is 385 g/mol. The van der Waals surface area contributed by atoms with E-state index in [4.69, 9.17) is 4.74 Å². The number of Topliss-reactive ketones (excluding diaryl/α,β-unsaturated/α-hetero) is 1. The van der Waals surface area contributed by atoms with Crippen LogP contribution in [0.3, 0.4) is 0 Å². The van der Waals surface area contributed by atoms with E-state index in [0.29, 0.717) is 23.4 Å². The Bertz CT molecular complexity index is 785. The van der Waals surface area contributed by atoms with Gasteiger partial charge >= 0.3 is 5.97 Å². The van der Waals surface area contributed by atoms with Gasteiger partial charge in [-0.1, -0.05) is 24.6 Å². The Labute approximate surface area is 163 Å². The number of carbonyl (C=O) groups excluding carboxylic acids is 3. The number of benzene rings is 2. The maximum absolute atomic E-state index is 12.1. The molecular weight excluding hydrogens is 362 g/mol. The molecule has 0 saturated carbocycles. The van der Waals surface area contributed by atoms with E-state index in [2.05, 4.69) is 5.32 Å². The van der Waals surface area contributed by atoms with Crippen LogP contribution in [-0.4, -0.2) is 30.0 Å². The summed E-state index contributed by atoms with van der Waals surface area (Å²) in [5.41, 5.74) is 2.26.